The third kappa shape index (κ3) is 7.00. The molecule has 0 aromatic heterocycles. The van der Waals surface area contributed by atoms with Crippen molar-refractivity contribution in [1.29, 1.82) is 0 Å². The van der Waals surface area contributed by atoms with Crippen LogP contribution in [0, 0.1) is 11.8 Å². The van der Waals surface area contributed by atoms with E-state index in [9.17, 15) is 8.42 Å². The molecule has 114 valence electrons. The molecule has 1 N–H and O–H groups in total. The lowest BCUT2D eigenvalue weighted by Gasteiger charge is -2.23. The molecule has 0 aromatic carbocycles. The third-order valence-electron chi connectivity index (χ3n) is 3.84. The maximum atomic E-state index is 11.6. The van der Waals surface area contributed by atoms with Crippen LogP contribution in [0.15, 0.2) is 0 Å². The number of hydrogen-bond acceptors (Lipinski definition) is 4. The standard InChI is InChI=1S/C14H29NO2S2/c1-3-8-15-11-13(6-5-9-18-4-2)14-7-10-19(16,17)12-14/h13-15H,3-12H2,1-2H3. The molecule has 1 rings (SSSR count). The van der Waals surface area contributed by atoms with E-state index in [0.29, 0.717) is 23.3 Å². The van der Waals surface area contributed by atoms with Gasteiger partial charge in [-0.05, 0) is 62.1 Å². The quantitative estimate of drug-likeness (QED) is 0.630. The number of hydrogen-bond donors (Lipinski definition) is 1. The summed E-state index contributed by atoms with van der Waals surface area (Å²) in [5.74, 6) is 4.15. The molecule has 0 aliphatic carbocycles. The Morgan fingerprint density at radius 3 is 2.74 bits per heavy atom. The van der Waals surface area contributed by atoms with Gasteiger partial charge in [0.05, 0.1) is 11.5 Å². The first-order chi connectivity index (χ1) is 9.09. The highest BCUT2D eigenvalue weighted by atomic mass is 32.2. The summed E-state index contributed by atoms with van der Waals surface area (Å²) in [6.45, 7) is 6.39. The molecule has 3 nitrogen and oxygen atoms in total. The highest BCUT2D eigenvalue weighted by Gasteiger charge is 2.32. The Labute approximate surface area is 123 Å². The molecular formula is C14H29NO2S2. The van der Waals surface area contributed by atoms with E-state index in [0.717, 1.165) is 25.9 Å². The van der Waals surface area contributed by atoms with Gasteiger partial charge in [0.1, 0.15) is 0 Å². The van der Waals surface area contributed by atoms with Gasteiger partial charge in [-0.3, -0.25) is 0 Å². The van der Waals surface area contributed by atoms with E-state index in [-0.39, 0.29) is 0 Å². The minimum Gasteiger partial charge on any atom is -0.316 e. The molecular weight excluding hydrogens is 278 g/mol. The summed E-state index contributed by atoms with van der Waals surface area (Å²) in [6.07, 6.45) is 4.40. The van der Waals surface area contributed by atoms with Crippen molar-refractivity contribution < 1.29 is 8.42 Å². The van der Waals surface area contributed by atoms with Crippen molar-refractivity contribution in [3.05, 3.63) is 0 Å². The summed E-state index contributed by atoms with van der Waals surface area (Å²) in [4.78, 5) is 0. The number of thioether (sulfide) groups is 1. The van der Waals surface area contributed by atoms with Crippen LogP contribution in [0.25, 0.3) is 0 Å². The van der Waals surface area contributed by atoms with Gasteiger partial charge >= 0.3 is 0 Å². The number of nitrogens with one attached hydrogen (secondary N) is 1. The van der Waals surface area contributed by atoms with Crippen LogP contribution < -0.4 is 5.32 Å². The molecule has 0 aromatic rings. The van der Waals surface area contributed by atoms with Gasteiger partial charge < -0.3 is 5.32 Å². The Morgan fingerprint density at radius 1 is 1.37 bits per heavy atom. The second kappa shape index (κ2) is 9.24. The van der Waals surface area contributed by atoms with Crippen LogP contribution in [0.1, 0.15) is 39.5 Å². The molecule has 1 heterocycles. The van der Waals surface area contributed by atoms with E-state index in [1.807, 2.05) is 11.8 Å². The van der Waals surface area contributed by atoms with Crippen LogP contribution >= 0.6 is 11.8 Å². The number of sulfone groups is 1. The molecule has 0 bridgehead atoms. The third-order valence-corrected chi connectivity index (χ3v) is 6.61. The minimum atomic E-state index is -2.74. The Hall–Kier alpha value is 0.260. The van der Waals surface area contributed by atoms with Crippen molar-refractivity contribution in [3.8, 4) is 0 Å². The summed E-state index contributed by atoms with van der Waals surface area (Å²) < 4.78 is 23.3. The Balaban J connectivity index is 2.39. The van der Waals surface area contributed by atoms with Crippen LogP contribution in [0.4, 0.5) is 0 Å². The molecule has 19 heavy (non-hydrogen) atoms. The van der Waals surface area contributed by atoms with Gasteiger partial charge in [-0.1, -0.05) is 13.8 Å². The van der Waals surface area contributed by atoms with Crippen molar-refractivity contribution in [2.24, 2.45) is 11.8 Å². The first-order valence-electron chi connectivity index (χ1n) is 7.58. The fourth-order valence-electron chi connectivity index (χ4n) is 2.76. The van der Waals surface area contributed by atoms with E-state index in [2.05, 4.69) is 19.2 Å². The molecule has 2 unspecified atom stereocenters. The maximum Gasteiger partial charge on any atom is 0.150 e. The summed E-state index contributed by atoms with van der Waals surface area (Å²) in [5, 5.41) is 3.48. The van der Waals surface area contributed by atoms with Gasteiger partial charge in [0, 0.05) is 0 Å². The highest BCUT2D eigenvalue weighted by Crippen LogP contribution is 2.29. The lowest BCUT2D eigenvalue weighted by atomic mass is 9.88. The molecule has 1 aliphatic heterocycles. The van der Waals surface area contributed by atoms with Crippen LogP contribution in [0.2, 0.25) is 0 Å². The van der Waals surface area contributed by atoms with Crippen molar-refractivity contribution in [3.63, 3.8) is 0 Å². The molecule has 0 amide bonds. The highest BCUT2D eigenvalue weighted by molar-refractivity contribution is 7.99. The monoisotopic (exact) mass is 307 g/mol. The van der Waals surface area contributed by atoms with Crippen molar-refractivity contribution in [2.45, 2.75) is 39.5 Å². The van der Waals surface area contributed by atoms with Gasteiger partial charge in [0.2, 0.25) is 0 Å². The van der Waals surface area contributed by atoms with Gasteiger partial charge in [0.25, 0.3) is 0 Å². The second-order valence-electron chi connectivity index (χ2n) is 5.47. The van der Waals surface area contributed by atoms with Gasteiger partial charge in [0.15, 0.2) is 9.84 Å². The fraction of sp³-hybridized carbons (Fsp3) is 1.00. The van der Waals surface area contributed by atoms with E-state index < -0.39 is 9.84 Å². The molecule has 2 atom stereocenters. The summed E-state index contributed by atoms with van der Waals surface area (Å²) in [7, 11) is -2.74. The zero-order chi connectivity index (χ0) is 14.1. The van der Waals surface area contributed by atoms with Crippen LogP contribution in [0.3, 0.4) is 0 Å². The Bertz CT molecular complexity index is 330. The fourth-order valence-corrected chi connectivity index (χ4v) is 5.34. The van der Waals surface area contributed by atoms with Crippen molar-refractivity contribution >= 4 is 21.6 Å². The zero-order valence-corrected chi connectivity index (χ0v) is 14.0. The summed E-state index contributed by atoms with van der Waals surface area (Å²) in [6, 6.07) is 0. The lowest BCUT2D eigenvalue weighted by molar-refractivity contribution is 0.324. The lowest BCUT2D eigenvalue weighted by Crippen LogP contribution is -2.29. The first kappa shape index (κ1) is 17.3. The second-order valence-corrected chi connectivity index (χ2v) is 9.09. The largest absolute Gasteiger partial charge is 0.316 e. The Morgan fingerprint density at radius 2 is 2.16 bits per heavy atom. The average Bonchev–Trinajstić information content (AvgIpc) is 2.73. The maximum absolute atomic E-state index is 11.6. The van der Waals surface area contributed by atoms with Crippen LogP contribution in [-0.4, -0.2) is 44.5 Å². The smallest absolute Gasteiger partial charge is 0.150 e. The average molecular weight is 308 g/mol. The molecule has 0 spiro atoms. The summed E-state index contributed by atoms with van der Waals surface area (Å²) in [5.41, 5.74) is 0. The Kier molecular flexibility index (Phi) is 8.42. The van der Waals surface area contributed by atoms with E-state index >= 15 is 0 Å². The van der Waals surface area contributed by atoms with Gasteiger partial charge in [-0.25, -0.2) is 8.42 Å². The van der Waals surface area contributed by atoms with Gasteiger partial charge in [-0.2, -0.15) is 11.8 Å². The predicted molar refractivity (Wildman–Crippen MR) is 85.6 cm³/mol. The van der Waals surface area contributed by atoms with Crippen molar-refractivity contribution in [1.82, 2.24) is 5.32 Å². The topological polar surface area (TPSA) is 46.2 Å². The molecule has 1 fully saturated rings. The predicted octanol–water partition coefficient (Wildman–Crippen LogP) is 2.57. The van der Waals surface area contributed by atoms with E-state index in [4.69, 9.17) is 0 Å². The normalized spacial score (nSPS) is 23.6. The zero-order valence-electron chi connectivity index (χ0n) is 12.4. The van der Waals surface area contributed by atoms with Crippen LogP contribution in [0.5, 0.6) is 0 Å². The first-order valence-corrected chi connectivity index (χ1v) is 10.6. The SMILES string of the molecule is CCCNCC(CCCSCC)C1CCS(=O)(=O)C1. The minimum absolute atomic E-state index is 0.390. The van der Waals surface area contributed by atoms with E-state index in [1.165, 1.54) is 24.3 Å². The molecule has 1 saturated heterocycles. The molecule has 1 aliphatic rings. The van der Waals surface area contributed by atoms with E-state index in [1.54, 1.807) is 0 Å². The molecule has 0 saturated carbocycles. The summed E-state index contributed by atoms with van der Waals surface area (Å²) >= 11 is 1.98. The van der Waals surface area contributed by atoms with Gasteiger partial charge in [-0.15, -0.1) is 0 Å². The van der Waals surface area contributed by atoms with Crippen molar-refractivity contribution in [2.75, 3.05) is 36.1 Å². The number of rotatable bonds is 10. The molecule has 5 heteroatoms. The molecule has 0 radical (unpaired) electrons. The van der Waals surface area contributed by atoms with Crippen LogP contribution in [-0.2, 0) is 9.84 Å².